The van der Waals surface area contributed by atoms with Gasteiger partial charge < -0.3 is 5.32 Å². The summed E-state index contributed by atoms with van der Waals surface area (Å²) >= 11 is 2.91. The second-order valence-corrected chi connectivity index (χ2v) is 9.82. The van der Waals surface area contributed by atoms with E-state index in [9.17, 15) is 14.9 Å². The Balaban J connectivity index is 1.56. The number of nitro benzene ring substituents is 1. The molecule has 178 valence electrons. The van der Waals surface area contributed by atoms with Crippen LogP contribution in [0.3, 0.4) is 0 Å². The number of allylic oxidation sites excluding steroid dienone is 1. The third-order valence-electron chi connectivity index (χ3n) is 5.26. The van der Waals surface area contributed by atoms with Crippen LogP contribution in [0.5, 0.6) is 0 Å². The Bertz CT molecular complexity index is 1390. The Hall–Kier alpha value is -3.76. The van der Waals surface area contributed by atoms with E-state index < -0.39 is 4.92 Å². The molecule has 0 saturated carbocycles. The molecule has 0 atom stereocenters. The van der Waals surface area contributed by atoms with E-state index in [1.807, 2.05) is 4.57 Å². The van der Waals surface area contributed by atoms with Crippen LogP contribution in [-0.2, 0) is 11.3 Å². The van der Waals surface area contributed by atoms with Crippen LogP contribution in [-0.4, -0.2) is 31.3 Å². The minimum atomic E-state index is -0.499. The van der Waals surface area contributed by atoms with Gasteiger partial charge in [0.1, 0.15) is 0 Å². The Kier molecular flexibility index (Phi) is 7.42. The highest BCUT2D eigenvalue weighted by Crippen LogP contribution is 2.39. The first-order valence-corrected chi connectivity index (χ1v) is 12.6. The van der Waals surface area contributed by atoms with Crippen molar-refractivity contribution in [2.24, 2.45) is 0 Å². The highest BCUT2D eigenvalue weighted by molar-refractivity contribution is 7.99. The molecular weight excluding hydrogens is 482 g/mol. The molecule has 0 aliphatic rings. The highest BCUT2D eigenvalue weighted by atomic mass is 32.2. The highest BCUT2D eigenvalue weighted by Gasteiger charge is 2.21. The van der Waals surface area contributed by atoms with Crippen LogP contribution in [0, 0.1) is 24.0 Å². The number of thiophene rings is 1. The summed E-state index contributed by atoms with van der Waals surface area (Å²) < 4.78 is 1.94. The normalized spacial score (nSPS) is 10.8. The molecule has 0 spiro atoms. The molecule has 2 heterocycles. The van der Waals surface area contributed by atoms with E-state index in [-0.39, 0.29) is 17.3 Å². The number of non-ortho nitro benzene ring substituents is 1. The molecule has 0 saturated heterocycles. The van der Waals surface area contributed by atoms with Gasteiger partial charge in [-0.3, -0.25) is 19.5 Å². The van der Waals surface area contributed by atoms with Crippen LogP contribution in [0.2, 0.25) is 0 Å². The molecule has 1 amide bonds. The van der Waals surface area contributed by atoms with Crippen LogP contribution < -0.4 is 5.32 Å². The zero-order valence-corrected chi connectivity index (χ0v) is 20.9. The molecule has 4 aromatic rings. The first-order chi connectivity index (χ1) is 16.9. The number of anilines is 1. The number of amides is 1. The van der Waals surface area contributed by atoms with Crippen LogP contribution in [0.15, 0.2) is 71.7 Å². The van der Waals surface area contributed by atoms with Crippen molar-refractivity contribution in [3.63, 3.8) is 0 Å². The van der Waals surface area contributed by atoms with E-state index in [4.69, 9.17) is 0 Å². The van der Waals surface area contributed by atoms with Crippen molar-refractivity contribution < 1.29 is 9.72 Å². The number of hydrogen-bond donors (Lipinski definition) is 1. The van der Waals surface area contributed by atoms with Crippen LogP contribution in [0.25, 0.3) is 22.5 Å². The summed E-state index contributed by atoms with van der Waals surface area (Å²) in [5, 5.41) is 25.1. The number of nitrogens with zero attached hydrogens (tertiary/aromatic N) is 4. The molecule has 35 heavy (non-hydrogen) atoms. The summed E-state index contributed by atoms with van der Waals surface area (Å²) in [5.74, 6) is 0.495. The second-order valence-electron chi connectivity index (χ2n) is 7.80. The second kappa shape index (κ2) is 10.7. The number of carbonyl (C=O) groups excluding carboxylic acids is 1. The third kappa shape index (κ3) is 5.50. The molecule has 8 nitrogen and oxygen atoms in total. The van der Waals surface area contributed by atoms with Crippen LogP contribution >= 0.6 is 23.1 Å². The SMILES string of the molecule is C=CCn1c(SCC(=O)Nc2cccc([N+](=O)[O-])c2)nnc1-c1csc(C)c1-c1ccc(C)cc1. The molecule has 10 heteroatoms. The fourth-order valence-electron chi connectivity index (χ4n) is 3.61. The predicted molar refractivity (Wildman–Crippen MR) is 141 cm³/mol. The van der Waals surface area contributed by atoms with Crippen molar-refractivity contribution in [3.05, 3.63) is 87.1 Å². The number of rotatable bonds is 9. The Morgan fingerprint density at radius 1 is 1.23 bits per heavy atom. The summed E-state index contributed by atoms with van der Waals surface area (Å²) in [4.78, 5) is 24.2. The zero-order valence-electron chi connectivity index (χ0n) is 19.2. The molecular formula is C25H23N5O3S2. The largest absolute Gasteiger partial charge is 0.325 e. The Labute approximate surface area is 210 Å². The molecule has 2 aromatic heterocycles. The van der Waals surface area contributed by atoms with E-state index in [1.54, 1.807) is 23.5 Å². The van der Waals surface area contributed by atoms with Crippen molar-refractivity contribution in [1.82, 2.24) is 14.8 Å². The summed E-state index contributed by atoms with van der Waals surface area (Å²) in [6, 6.07) is 14.2. The molecule has 0 aliphatic carbocycles. The first-order valence-electron chi connectivity index (χ1n) is 10.7. The Morgan fingerprint density at radius 3 is 2.71 bits per heavy atom. The third-order valence-corrected chi connectivity index (χ3v) is 7.14. The van der Waals surface area contributed by atoms with Crippen molar-refractivity contribution in [2.75, 3.05) is 11.1 Å². The summed E-state index contributed by atoms with van der Waals surface area (Å²) in [6.07, 6.45) is 1.77. The molecule has 0 bridgehead atoms. The van der Waals surface area contributed by atoms with Crippen LogP contribution in [0.4, 0.5) is 11.4 Å². The van der Waals surface area contributed by atoms with Crippen LogP contribution in [0.1, 0.15) is 10.4 Å². The fourth-order valence-corrected chi connectivity index (χ4v) is 5.22. The number of nitro groups is 1. The minimum Gasteiger partial charge on any atom is -0.325 e. The van der Waals surface area contributed by atoms with E-state index >= 15 is 0 Å². The fraction of sp³-hybridized carbons (Fsp3) is 0.160. The number of hydrogen-bond acceptors (Lipinski definition) is 7. The van der Waals surface area contributed by atoms with Gasteiger partial charge in [-0.2, -0.15) is 0 Å². The van der Waals surface area contributed by atoms with Gasteiger partial charge in [-0.05, 0) is 25.5 Å². The van der Waals surface area contributed by atoms with Gasteiger partial charge in [-0.15, -0.1) is 28.1 Å². The lowest BCUT2D eigenvalue weighted by molar-refractivity contribution is -0.384. The maximum atomic E-state index is 12.5. The molecule has 0 aliphatic heterocycles. The number of aromatic nitrogens is 3. The lowest BCUT2D eigenvalue weighted by Crippen LogP contribution is -2.14. The number of benzene rings is 2. The lowest BCUT2D eigenvalue weighted by Gasteiger charge is -2.10. The standard InChI is InChI=1S/C25H23N5O3S2/c1-4-12-29-24(21-14-34-17(3)23(21)18-10-8-16(2)9-11-18)27-28-25(29)35-15-22(31)26-19-6-5-7-20(13-19)30(32)33/h4-11,13-14H,1,12,15H2,2-3H3,(H,26,31). The monoisotopic (exact) mass is 505 g/mol. The van der Waals surface area contributed by atoms with Gasteiger partial charge >= 0.3 is 0 Å². The number of nitrogens with one attached hydrogen (secondary N) is 1. The Morgan fingerprint density at radius 2 is 2.00 bits per heavy atom. The molecule has 1 N–H and O–H groups in total. The van der Waals surface area contributed by atoms with Gasteiger partial charge in [0.25, 0.3) is 5.69 Å². The number of thioether (sulfide) groups is 1. The van der Waals surface area contributed by atoms with Crippen molar-refractivity contribution >= 4 is 40.4 Å². The zero-order chi connectivity index (χ0) is 24.9. The van der Waals surface area contributed by atoms with Gasteiger partial charge in [0, 0.05) is 45.7 Å². The predicted octanol–water partition coefficient (Wildman–Crippen LogP) is 6.12. The van der Waals surface area contributed by atoms with E-state index in [1.165, 1.54) is 40.4 Å². The van der Waals surface area contributed by atoms with Crippen molar-refractivity contribution in [2.45, 2.75) is 25.5 Å². The maximum absolute atomic E-state index is 12.5. The quantitative estimate of drug-likeness (QED) is 0.127. The molecule has 0 radical (unpaired) electrons. The lowest BCUT2D eigenvalue weighted by atomic mass is 10.0. The van der Waals surface area contributed by atoms with E-state index in [0.29, 0.717) is 23.2 Å². The summed E-state index contributed by atoms with van der Waals surface area (Å²) in [6.45, 7) is 8.50. The van der Waals surface area contributed by atoms with E-state index in [2.05, 4.69) is 65.6 Å². The van der Waals surface area contributed by atoms with Gasteiger partial charge in [0.15, 0.2) is 11.0 Å². The average Bonchev–Trinajstić information content (AvgIpc) is 3.41. The van der Waals surface area contributed by atoms with Gasteiger partial charge in [-0.25, -0.2) is 0 Å². The first kappa shape index (κ1) is 24.4. The molecule has 4 rings (SSSR count). The van der Waals surface area contributed by atoms with Crippen molar-refractivity contribution in [3.8, 4) is 22.5 Å². The number of aryl methyl sites for hydroxylation is 2. The molecule has 0 fully saturated rings. The van der Waals surface area contributed by atoms with Gasteiger partial charge in [-0.1, -0.05) is 53.7 Å². The smallest absolute Gasteiger partial charge is 0.271 e. The van der Waals surface area contributed by atoms with Gasteiger partial charge in [0.05, 0.1) is 10.7 Å². The van der Waals surface area contributed by atoms with Crippen molar-refractivity contribution in [1.29, 1.82) is 0 Å². The maximum Gasteiger partial charge on any atom is 0.271 e. The van der Waals surface area contributed by atoms with Gasteiger partial charge in [0.2, 0.25) is 5.91 Å². The topological polar surface area (TPSA) is 103 Å². The number of carbonyl (C=O) groups is 1. The summed E-state index contributed by atoms with van der Waals surface area (Å²) in [7, 11) is 0. The average molecular weight is 506 g/mol. The summed E-state index contributed by atoms with van der Waals surface area (Å²) in [5.41, 5.74) is 4.70. The molecule has 0 unspecified atom stereocenters. The molecule has 2 aromatic carbocycles. The minimum absolute atomic E-state index is 0.0749. The van der Waals surface area contributed by atoms with E-state index in [0.717, 1.165) is 16.7 Å².